The Morgan fingerprint density at radius 2 is 1.74 bits per heavy atom. The number of carbonyl (C=O) groups excluding carboxylic acids is 1. The van der Waals surface area contributed by atoms with E-state index in [4.69, 9.17) is 5.10 Å². The molecule has 0 saturated carbocycles. The summed E-state index contributed by atoms with van der Waals surface area (Å²) < 4.78 is 45.7. The van der Waals surface area contributed by atoms with Gasteiger partial charge in [-0.2, -0.15) is 23.0 Å². The van der Waals surface area contributed by atoms with Crippen molar-refractivity contribution < 1.29 is 18.0 Å². The maximum Gasteiger partial charge on any atom is 0.417 e. The molecule has 3 aromatic heterocycles. The molecule has 0 fully saturated rings. The van der Waals surface area contributed by atoms with Gasteiger partial charge in [-0.3, -0.25) is 14.2 Å². The fraction of sp³-hybridized carbons (Fsp3) is 0.212. The topological polar surface area (TPSA) is 103 Å². The first-order valence-corrected chi connectivity index (χ1v) is 15.5. The summed E-state index contributed by atoms with van der Waals surface area (Å²) in [6, 6.07) is 20.0. The quantitative estimate of drug-likeness (QED) is 0.228. The van der Waals surface area contributed by atoms with E-state index < -0.39 is 23.7 Å². The second kappa shape index (κ2) is 11.6. The molecular weight excluding hydrogens is 677 g/mol. The van der Waals surface area contributed by atoms with Crippen LogP contribution in [0.2, 0.25) is 0 Å². The molecule has 4 heterocycles. The standard InChI is InChI=1S/C33H26BrF3N8O2/c1-19-14-26-29(18-42(19)31(46)22-8-13-28(34)27(16-22)33(35,36)37)45-30(23(17-38-45)15-21-6-4-3-5-7-21)43(32(26)47)24-9-11-25(12-10-24)44-20(2)39-40-41-44/h3-13,16-17,19H,14-15,18H2,1-2H3/t19-/m0/s1. The zero-order valence-electron chi connectivity index (χ0n) is 25.1. The Kier molecular flexibility index (Phi) is 7.54. The van der Waals surface area contributed by atoms with Crippen LogP contribution in [-0.2, 0) is 25.6 Å². The molecule has 10 nitrogen and oxygen atoms in total. The second-order valence-corrected chi connectivity index (χ2v) is 12.3. The number of rotatable bonds is 5. The highest BCUT2D eigenvalue weighted by Crippen LogP contribution is 2.36. The van der Waals surface area contributed by atoms with Crippen LogP contribution in [0.3, 0.4) is 0 Å². The molecule has 0 unspecified atom stereocenters. The molecule has 0 bridgehead atoms. The van der Waals surface area contributed by atoms with Gasteiger partial charge in [-0.1, -0.05) is 46.3 Å². The lowest BCUT2D eigenvalue weighted by molar-refractivity contribution is -0.138. The van der Waals surface area contributed by atoms with E-state index >= 15 is 0 Å². The number of benzene rings is 3. The Morgan fingerprint density at radius 1 is 1.02 bits per heavy atom. The van der Waals surface area contributed by atoms with E-state index in [9.17, 15) is 22.8 Å². The lowest BCUT2D eigenvalue weighted by Gasteiger charge is -2.35. The van der Waals surface area contributed by atoms with Crippen molar-refractivity contribution in [2.45, 2.75) is 45.5 Å². The zero-order valence-corrected chi connectivity index (χ0v) is 26.7. The minimum Gasteiger partial charge on any atom is -0.330 e. The van der Waals surface area contributed by atoms with Gasteiger partial charge in [0.05, 0.1) is 35.4 Å². The van der Waals surface area contributed by atoms with Gasteiger partial charge in [-0.05, 0) is 78.7 Å². The molecule has 1 aliphatic heterocycles. The Labute approximate surface area is 274 Å². The molecule has 0 spiro atoms. The number of fused-ring (bicyclic) bond motifs is 3. The summed E-state index contributed by atoms with van der Waals surface area (Å²) in [5.41, 5.74) is 3.39. The van der Waals surface area contributed by atoms with Gasteiger partial charge in [0.15, 0.2) is 5.82 Å². The van der Waals surface area contributed by atoms with E-state index in [1.165, 1.54) is 17.0 Å². The van der Waals surface area contributed by atoms with Crippen molar-refractivity contribution in [3.8, 4) is 11.4 Å². The Hall–Kier alpha value is -5.11. The largest absolute Gasteiger partial charge is 0.417 e. The molecule has 1 atom stereocenters. The van der Waals surface area contributed by atoms with Crippen LogP contribution in [-0.4, -0.2) is 51.2 Å². The monoisotopic (exact) mass is 702 g/mol. The summed E-state index contributed by atoms with van der Waals surface area (Å²) in [6.45, 7) is 3.56. The number of aryl methyl sites for hydroxylation is 1. The van der Waals surface area contributed by atoms with Gasteiger partial charge in [0.2, 0.25) is 0 Å². The van der Waals surface area contributed by atoms with Crippen molar-refractivity contribution in [1.29, 1.82) is 0 Å². The Balaban J connectivity index is 1.36. The average molecular weight is 704 g/mol. The summed E-state index contributed by atoms with van der Waals surface area (Å²) >= 11 is 2.95. The van der Waals surface area contributed by atoms with Gasteiger partial charge in [0.25, 0.3) is 11.5 Å². The van der Waals surface area contributed by atoms with Crippen LogP contribution >= 0.6 is 15.9 Å². The number of amides is 1. The van der Waals surface area contributed by atoms with E-state index in [0.717, 1.165) is 22.9 Å². The molecule has 6 aromatic rings. The van der Waals surface area contributed by atoms with Gasteiger partial charge < -0.3 is 4.90 Å². The first-order valence-electron chi connectivity index (χ1n) is 14.7. The van der Waals surface area contributed by atoms with Crippen LogP contribution in [0.1, 0.15) is 51.1 Å². The number of tetrazole rings is 1. The van der Waals surface area contributed by atoms with Gasteiger partial charge in [-0.25, -0.2) is 4.52 Å². The van der Waals surface area contributed by atoms with Crippen LogP contribution in [0.5, 0.6) is 0 Å². The van der Waals surface area contributed by atoms with Gasteiger partial charge in [0, 0.05) is 33.6 Å². The van der Waals surface area contributed by atoms with Crippen LogP contribution in [0, 0.1) is 6.92 Å². The predicted molar refractivity (Wildman–Crippen MR) is 170 cm³/mol. The second-order valence-electron chi connectivity index (χ2n) is 11.5. The maximum atomic E-state index is 14.4. The Bertz CT molecular complexity index is 2210. The molecule has 0 saturated heterocycles. The lowest BCUT2D eigenvalue weighted by Crippen LogP contribution is -2.46. The summed E-state index contributed by atoms with van der Waals surface area (Å²) in [7, 11) is 0. The number of hydrogen-bond donors (Lipinski definition) is 0. The SMILES string of the molecule is Cc1nnnn1-c1ccc(-n2c(=O)c3c(n4ncc(Cc5ccccc5)c24)CN(C(=O)c2ccc(Br)c(C(F)(F)F)c2)[C@@H](C)C3)cc1. The number of halogens is 4. The molecule has 0 radical (unpaired) electrons. The minimum atomic E-state index is -4.64. The van der Waals surface area contributed by atoms with Crippen LogP contribution in [0.25, 0.3) is 17.0 Å². The van der Waals surface area contributed by atoms with E-state index in [1.807, 2.05) is 54.6 Å². The molecule has 0 N–H and O–H groups in total. The summed E-state index contributed by atoms with van der Waals surface area (Å²) in [5, 5.41) is 16.4. The van der Waals surface area contributed by atoms with E-state index in [2.05, 4.69) is 31.5 Å². The van der Waals surface area contributed by atoms with Crippen molar-refractivity contribution in [2.75, 3.05) is 0 Å². The van der Waals surface area contributed by atoms with Crippen molar-refractivity contribution in [3.63, 3.8) is 0 Å². The fourth-order valence-electron chi connectivity index (χ4n) is 6.09. The fourth-order valence-corrected chi connectivity index (χ4v) is 6.56. The molecule has 3 aromatic carbocycles. The Morgan fingerprint density at radius 3 is 2.43 bits per heavy atom. The highest BCUT2D eigenvalue weighted by Gasteiger charge is 2.36. The third-order valence-electron chi connectivity index (χ3n) is 8.44. The normalized spacial score (nSPS) is 14.9. The van der Waals surface area contributed by atoms with Crippen LogP contribution in [0.4, 0.5) is 13.2 Å². The van der Waals surface area contributed by atoms with Gasteiger partial charge in [0.1, 0.15) is 5.65 Å². The third-order valence-corrected chi connectivity index (χ3v) is 9.13. The van der Waals surface area contributed by atoms with Crippen molar-refractivity contribution in [1.82, 2.24) is 39.3 Å². The molecular formula is C33H26BrF3N8O2. The number of carbonyl (C=O) groups is 1. The average Bonchev–Trinajstić information content (AvgIpc) is 3.67. The molecule has 14 heteroatoms. The van der Waals surface area contributed by atoms with E-state index in [-0.39, 0.29) is 28.6 Å². The predicted octanol–water partition coefficient (Wildman–Crippen LogP) is 5.73. The molecule has 7 rings (SSSR count). The molecule has 47 heavy (non-hydrogen) atoms. The van der Waals surface area contributed by atoms with Crippen molar-refractivity contribution in [3.05, 3.63) is 133 Å². The van der Waals surface area contributed by atoms with Crippen molar-refractivity contribution >= 4 is 27.5 Å². The van der Waals surface area contributed by atoms with E-state index in [0.29, 0.717) is 34.8 Å². The summed E-state index contributed by atoms with van der Waals surface area (Å²) in [6.07, 6.45) is -2.25. The van der Waals surface area contributed by atoms with Crippen molar-refractivity contribution in [2.24, 2.45) is 0 Å². The summed E-state index contributed by atoms with van der Waals surface area (Å²) in [5.74, 6) is 0.0431. The number of aromatic nitrogens is 7. The van der Waals surface area contributed by atoms with Crippen LogP contribution in [0.15, 0.2) is 88.3 Å². The van der Waals surface area contributed by atoms with Gasteiger partial charge >= 0.3 is 6.18 Å². The number of nitrogens with zero attached hydrogens (tertiary/aromatic N) is 8. The number of alkyl halides is 3. The third kappa shape index (κ3) is 5.41. The summed E-state index contributed by atoms with van der Waals surface area (Å²) in [4.78, 5) is 29.7. The zero-order chi connectivity index (χ0) is 33.0. The molecule has 1 amide bonds. The van der Waals surface area contributed by atoms with Gasteiger partial charge in [-0.15, -0.1) is 5.10 Å². The lowest BCUT2D eigenvalue weighted by atomic mass is 9.97. The first-order chi connectivity index (χ1) is 22.5. The minimum absolute atomic E-state index is 0.0106. The highest BCUT2D eigenvalue weighted by molar-refractivity contribution is 9.10. The number of hydrogen-bond acceptors (Lipinski definition) is 6. The van der Waals surface area contributed by atoms with Crippen LogP contribution < -0.4 is 5.56 Å². The molecule has 0 aliphatic carbocycles. The highest BCUT2D eigenvalue weighted by atomic mass is 79.9. The smallest absolute Gasteiger partial charge is 0.330 e. The maximum absolute atomic E-state index is 14.4. The molecule has 1 aliphatic rings. The molecule has 238 valence electrons. The van der Waals surface area contributed by atoms with E-state index in [1.54, 1.807) is 33.8 Å². The first kappa shape index (κ1) is 30.5.